The topological polar surface area (TPSA) is 17.1 Å². The van der Waals surface area contributed by atoms with Gasteiger partial charge in [0.15, 0.2) is 5.12 Å². The lowest BCUT2D eigenvalue weighted by Crippen LogP contribution is -2.05. The molecule has 0 aliphatic carbocycles. The first kappa shape index (κ1) is 14.9. The number of carbonyl (C=O) groups is 1. The lowest BCUT2D eigenvalue weighted by atomic mass is 10.1. The number of alkyl halides is 3. The molecule has 6 heteroatoms. The van der Waals surface area contributed by atoms with Gasteiger partial charge < -0.3 is 0 Å². The Bertz CT molecular complexity index is 514. The molecule has 0 fully saturated rings. The van der Waals surface area contributed by atoms with Gasteiger partial charge in [-0.3, -0.25) is 4.79 Å². The minimum absolute atomic E-state index is 0.0201. The van der Waals surface area contributed by atoms with Gasteiger partial charge in [-0.05, 0) is 18.2 Å². The maximum absolute atomic E-state index is 12.5. The maximum Gasteiger partial charge on any atom is 0.416 e. The number of halogens is 4. The first-order valence-electron chi connectivity index (χ1n) is 4.79. The van der Waals surface area contributed by atoms with Crippen molar-refractivity contribution in [3.63, 3.8) is 0 Å². The second-order valence-corrected chi connectivity index (χ2v) is 4.90. The molecule has 0 aromatic heterocycles. The highest BCUT2D eigenvalue weighted by Gasteiger charge is 2.30. The van der Waals surface area contributed by atoms with Crippen LogP contribution in [-0.2, 0) is 11.0 Å². The van der Waals surface area contributed by atoms with E-state index >= 15 is 0 Å². The van der Waals surface area contributed by atoms with E-state index in [1.807, 2.05) is 0 Å². The van der Waals surface area contributed by atoms with Crippen molar-refractivity contribution in [3.8, 4) is 11.8 Å². The predicted molar refractivity (Wildman–Crippen MR) is 66.5 cm³/mol. The predicted octanol–water partition coefficient (Wildman–Crippen LogP) is 3.99. The zero-order chi connectivity index (χ0) is 13.8. The van der Waals surface area contributed by atoms with Crippen LogP contribution in [0.5, 0.6) is 0 Å². The highest BCUT2D eigenvalue weighted by Crippen LogP contribution is 2.31. The summed E-state index contributed by atoms with van der Waals surface area (Å²) in [6.45, 7) is 1.40. The van der Waals surface area contributed by atoms with E-state index < -0.39 is 11.7 Å². The summed E-state index contributed by atoms with van der Waals surface area (Å²) in [6, 6.07) is 3.12. The Hall–Kier alpha value is -1.12. The summed E-state index contributed by atoms with van der Waals surface area (Å²) < 4.78 is 37.5. The number of benzene rings is 1. The van der Waals surface area contributed by atoms with Crippen LogP contribution in [0.4, 0.5) is 13.2 Å². The van der Waals surface area contributed by atoms with Crippen molar-refractivity contribution in [3.05, 3.63) is 34.3 Å². The van der Waals surface area contributed by atoms with E-state index in [-0.39, 0.29) is 21.5 Å². The Morgan fingerprint density at radius 3 is 2.61 bits per heavy atom. The van der Waals surface area contributed by atoms with Gasteiger partial charge in [-0.25, -0.2) is 0 Å². The Morgan fingerprint density at radius 2 is 2.06 bits per heavy atom. The smallest absolute Gasteiger partial charge is 0.288 e. The van der Waals surface area contributed by atoms with Crippen molar-refractivity contribution in [2.45, 2.75) is 13.1 Å². The average molecular weight is 293 g/mol. The van der Waals surface area contributed by atoms with Gasteiger partial charge in [0, 0.05) is 17.5 Å². The van der Waals surface area contributed by atoms with Crippen LogP contribution < -0.4 is 0 Å². The van der Waals surface area contributed by atoms with E-state index in [0.717, 1.165) is 23.9 Å². The first-order valence-corrected chi connectivity index (χ1v) is 6.15. The molecule has 0 aliphatic heterocycles. The van der Waals surface area contributed by atoms with E-state index in [1.54, 1.807) is 0 Å². The number of rotatable bonds is 1. The van der Waals surface area contributed by atoms with Crippen molar-refractivity contribution < 1.29 is 18.0 Å². The van der Waals surface area contributed by atoms with Crippen LogP contribution in [0.15, 0.2) is 18.2 Å². The van der Waals surface area contributed by atoms with Gasteiger partial charge in [-0.2, -0.15) is 13.2 Å². The molecule has 1 aromatic carbocycles. The molecule has 0 saturated carbocycles. The molecule has 0 aliphatic rings. The highest BCUT2D eigenvalue weighted by atomic mass is 35.5. The summed E-state index contributed by atoms with van der Waals surface area (Å²) in [6.07, 6.45) is -4.45. The van der Waals surface area contributed by atoms with Crippen molar-refractivity contribution in [2.75, 3.05) is 5.75 Å². The van der Waals surface area contributed by atoms with E-state index in [0.29, 0.717) is 0 Å². The average Bonchev–Trinajstić information content (AvgIpc) is 2.22. The van der Waals surface area contributed by atoms with E-state index in [1.165, 1.54) is 13.0 Å². The molecule has 1 aromatic rings. The van der Waals surface area contributed by atoms with Crippen LogP contribution in [0.1, 0.15) is 18.1 Å². The van der Waals surface area contributed by atoms with Crippen LogP contribution in [0, 0.1) is 11.8 Å². The van der Waals surface area contributed by atoms with Gasteiger partial charge in [0.25, 0.3) is 0 Å². The SMILES string of the molecule is CC(=O)SCC#Cc1cc(Cl)cc(C(F)(F)F)c1. The third-order valence-corrected chi connectivity index (χ3v) is 2.72. The monoisotopic (exact) mass is 292 g/mol. The second kappa shape index (κ2) is 6.17. The molecule has 0 atom stereocenters. The van der Waals surface area contributed by atoms with Crippen molar-refractivity contribution >= 4 is 28.5 Å². The standard InChI is InChI=1S/C12H8ClF3OS/c1-8(17)18-4-2-3-9-5-10(12(14,15)16)7-11(13)6-9/h5-7H,4H2,1H3. The van der Waals surface area contributed by atoms with Crippen LogP contribution in [0.3, 0.4) is 0 Å². The summed E-state index contributed by atoms with van der Waals surface area (Å²) in [5, 5.41) is -0.111. The molecule has 0 bridgehead atoms. The lowest BCUT2D eigenvalue weighted by Gasteiger charge is -2.07. The molecule has 0 unspecified atom stereocenters. The Labute approximate surface area is 112 Å². The molecule has 1 nitrogen and oxygen atoms in total. The summed E-state index contributed by atoms with van der Waals surface area (Å²) in [5.74, 6) is 5.39. The minimum Gasteiger partial charge on any atom is -0.288 e. The van der Waals surface area contributed by atoms with Crippen molar-refractivity contribution in [1.82, 2.24) is 0 Å². The Kier molecular flexibility index (Phi) is 5.12. The summed E-state index contributed by atoms with van der Waals surface area (Å²) in [4.78, 5) is 10.6. The van der Waals surface area contributed by atoms with Crippen molar-refractivity contribution in [1.29, 1.82) is 0 Å². The molecule has 0 heterocycles. The normalized spacial score (nSPS) is 10.7. The maximum atomic E-state index is 12.5. The molecular formula is C12H8ClF3OS. The van der Waals surface area contributed by atoms with E-state index in [9.17, 15) is 18.0 Å². The Balaban J connectivity index is 2.90. The minimum atomic E-state index is -4.45. The van der Waals surface area contributed by atoms with Gasteiger partial charge >= 0.3 is 6.18 Å². The number of carbonyl (C=O) groups excluding carboxylic acids is 1. The molecule has 18 heavy (non-hydrogen) atoms. The molecule has 0 spiro atoms. The quantitative estimate of drug-likeness (QED) is 0.728. The number of thioether (sulfide) groups is 1. The fraction of sp³-hybridized carbons (Fsp3) is 0.250. The fourth-order valence-electron chi connectivity index (χ4n) is 1.10. The molecule has 0 N–H and O–H groups in total. The van der Waals surface area contributed by atoms with Crippen LogP contribution in [-0.4, -0.2) is 10.9 Å². The summed E-state index contributed by atoms with van der Waals surface area (Å²) in [5.41, 5.74) is -0.655. The van der Waals surface area contributed by atoms with Gasteiger partial charge in [0.05, 0.1) is 11.3 Å². The lowest BCUT2D eigenvalue weighted by molar-refractivity contribution is -0.137. The first-order chi connectivity index (χ1) is 8.29. The zero-order valence-corrected chi connectivity index (χ0v) is 10.8. The zero-order valence-electron chi connectivity index (χ0n) is 9.27. The number of hydrogen-bond donors (Lipinski definition) is 0. The van der Waals surface area contributed by atoms with E-state index in [4.69, 9.17) is 11.6 Å². The second-order valence-electron chi connectivity index (χ2n) is 3.31. The van der Waals surface area contributed by atoms with Gasteiger partial charge in [-0.15, -0.1) is 0 Å². The van der Waals surface area contributed by atoms with Gasteiger partial charge in [0.2, 0.25) is 0 Å². The highest BCUT2D eigenvalue weighted by molar-refractivity contribution is 8.13. The fourth-order valence-corrected chi connectivity index (χ4v) is 1.68. The van der Waals surface area contributed by atoms with Crippen molar-refractivity contribution in [2.24, 2.45) is 0 Å². The molecule has 0 amide bonds. The molecule has 0 radical (unpaired) electrons. The van der Waals surface area contributed by atoms with Gasteiger partial charge in [0.1, 0.15) is 0 Å². The third-order valence-electron chi connectivity index (χ3n) is 1.81. The van der Waals surface area contributed by atoms with Crippen LogP contribution in [0.25, 0.3) is 0 Å². The van der Waals surface area contributed by atoms with Crippen LogP contribution in [0.2, 0.25) is 5.02 Å². The van der Waals surface area contributed by atoms with E-state index in [2.05, 4.69) is 11.8 Å². The summed E-state index contributed by atoms with van der Waals surface area (Å²) in [7, 11) is 0. The van der Waals surface area contributed by atoms with Crippen LogP contribution >= 0.6 is 23.4 Å². The third kappa shape index (κ3) is 5.03. The summed E-state index contributed by atoms with van der Waals surface area (Å²) >= 11 is 6.59. The molecule has 96 valence electrons. The molecular weight excluding hydrogens is 285 g/mol. The Morgan fingerprint density at radius 1 is 1.39 bits per heavy atom. The largest absolute Gasteiger partial charge is 0.416 e. The number of hydrogen-bond acceptors (Lipinski definition) is 2. The molecule has 0 saturated heterocycles. The molecule has 1 rings (SSSR count). The van der Waals surface area contributed by atoms with Gasteiger partial charge in [-0.1, -0.05) is 35.2 Å².